The molecular formula is C9H10ClF3O2S. The molecular weight excluding hydrogens is 265 g/mol. The molecule has 1 aromatic heterocycles. The molecule has 1 aromatic rings. The van der Waals surface area contributed by atoms with E-state index in [1.807, 2.05) is 0 Å². The molecule has 0 saturated carbocycles. The van der Waals surface area contributed by atoms with Crippen LogP contribution in [0.1, 0.15) is 16.5 Å². The number of hydrogen-bond donors (Lipinski definition) is 1. The van der Waals surface area contributed by atoms with Gasteiger partial charge in [0.1, 0.15) is 12.7 Å². The molecule has 0 aliphatic rings. The quantitative estimate of drug-likeness (QED) is 0.913. The number of aliphatic hydroxyl groups excluding tert-OH is 1. The molecule has 1 heterocycles. The summed E-state index contributed by atoms with van der Waals surface area (Å²) in [6.07, 6.45) is -5.44. The Morgan fingerprint density at radius 2 is 2.19 bits per heavy atom. The molecule has 16 heavy (non-hydrogen) atoms. The van der Waals surface area contributed by atoms with Gasteiger partial charge < -0.3 is 9.84 Å². The van der Waals surface area contributed by atoms with Gasteiger partial charge in [0.15, 0.2) is 0 Å². The Morgan fingerprint density at radius 3 is 2.62 bits per heavy atom. The maximum atomic E-state index is 11.8. The molecule has 1 unspecified atom stereocenters. The van der Waals surface area contributed by atoms with E-state index in [4.69, 9.17) is 11.6 Å². The van der Waals surface area contributed by atoms with Crippen LogP contribution < -0.4 is 0 Å². The molecule has 2 nitrogen and oxygen atoms in total. The fraction of sp³-hybridized carbons (Fsp3) is 0.556. The minimum Gasteiger partial charge on any atom is -0.385 e. The predicted octanol–water partition coefficient (Wildman–Crippen LogP) is 3.32. The first-order valence-electron chi connectivity index (χ1n) is 4.38. The number of alkyl halides is 3. The van der Waals surface area contributed by atoms with Gasteiger partial charge >= 0.3 is 6.18 Å². The third kappa shape index (κ3) is 4.29. The number of hydrogen-bond acceptors (Lipinski definition) is 3. The summed E-state index contributed by atoms with van der Waals surface area (Å²) < 4.78 is 40.1. The molecule has 0 fully saturated rings. The number of ether oxygens (including phenoxy) is 1. The van der Waals surface area contributed by atoms with Crippen LogP contribution in [-0.4, -0.2) is 24.5 Å². The molecule has 1 atom stereocenters. The van der Waals surface area contributed by atoms with Crippen LogP contribution in [0.15, 0.2) is 6.07 Å². The minimum atomic E-state index is -4.37. The summed E-state index contributed by atoms with van der Waals surface area (Å²) in [7, 11) is 0. The zero-order chi connectivity index (χ0) is 12.3. The van der Waals surface area contributed by atoms with Gasteiger partial charge in [0.2, 0.25) is 0 Å². The molecule has 1 rings (SSSR count). The van der Waals surface area contributed by atoms with E-state index >= 15 is 0 Å². The highest BCUT2D eigenvalue weighted by Gasteiger charge is 2.28. The number of aliphatic hydroxyl groups is 1. The van der Waals surface area contributed by atoms with Gasteiger partial charge in [-0.25, -0.2) is 0 Å². The van der Waals surface area contributed by atoms with Crippen LogP contribution in [0.2, 0.25) is 4.34 Å². The van der Waals surface area contributed by atoms with E-state index in [9.17, 15) is 18.3 Å². The summed E-state index contributed by atoms with van der Waals surface area (Å²) in [6.45, 7) is 0.00354. The maximum absolute atomic E-state index is 11.8. The van der Waals surface area contributed by atoms with Crippen LogP contribution in [0.5, 0.6) is 0 Å². The molecule has 0 aromatic carbocycles. The van der Waals surface area contributed by atoms with E-state index in [1.54, 1.807) is 13.0 Å². The van der Waals surface area contributed by atoms with Gasteiger partial charge in [-0.15, -0.1) is 11.3 Å². The summed E-state index contributed by atoms with van der Waals surface area (Å²) in [5.74, 6) is 0. The lowest BCUT2D eigenvalue weighted by Crippen LogP contribution is -2.19. The third-order valence-corrected chi connectivity index (χ3v) is 3.40. The van der Waals surface area contributed by atoms with Crippen molar-refractivity contribution in [2.75, 3.05) is 13.2 Å². The van der Waals surface area contributed by atoms with Crippen molar-refractivity contribution in [3.63, 3.8) is 0 Å². The second-order valence-electron chi connectivity index (χ2n) is 3.25. The van der Waals surface area contributed by atoms with Crippen LogP contribution in [0.25, 0.3) is 0 Å². The summed E-state index contributed by atoms with van der Waals surface area (Å²) in [6, 6.07) is 1.63. The van der Waals surface area contributed by atoms with Crippen molar-refractivity contribution in [3.8, 4) is 0 Å². The van der Waals surface area contributed by atoms with Gasteiger partial charge in [-0.05, 0) is 18.6 Å². The lowest BCUT2D eigenvalue weighted by molar-refractivity contribution is -0.179. The van der Waals surface area contributed by atoms with E-state index in [-0.39, 0.29) is 0 Å². The second-order valence-corrected chi connectivity index (χ2v) is 4.94. The molecule has 0 saturated heterocycles. The predicted molar refractivity (Wildman–Crippen MR) is 55.9 cm³/mol. The number of thiophene rings is 1. The minimum absolute atomic E-state index is 0.393. The van der Waals surface area contributed by atoms with Gasteiger partial charge in [0.25, 0.3) is 0 Å². The van der Waals surface area contributed by atoms with Crippen LogP contribution in [-0.2, 0) is 4.74 Å². The van der Waals surface area contributed by atoms with Crippen molar-refractivity contribution < 1.29 is 23.0 Å². The van der Waals surface area contributed by atoms with E-state index < -0.39 is 25.5 Å². The van der Waals surface area contributed by atoms with Gasteiger partial charge in [-0.1, -0.05) is 11.6 Å². The Labute approximate surface area is 99.6 Å². The van der Waals surface area contributed by atoms with Crippen molar-refractivity contribution in [2.24, 2.45) is 0 Å². The lowest BCUT2D eigenvalue weighted by Gasteiger charge is -2.11. The molecule has 0 aliphatic heterocycles. The monoisotopic (exact) mass is 274 g/mol. The molecule has 0 bridgehead atoms. The fourth-order valence-electron chi connectivity index (χ4n) is 1.02. The number of halogens is 4. The zero-order valence-electron chi connectivity index (χ0n) is 8.34. The molecule has 7 heteroatoms. The summed E-state index contributed by atoms with van der Waals surface area (Å²) >= 11 is 6.90. The fourth-order valence-corrected chi connectivity index (χ4v) is 2.20. The van der Waals surface area contributed by atoms with E-state index in [1.165, 1.54) is 0 Å². The number of aryl methyl sites for hydroxylation is 1. The molecule has 0 aliphatic carbocycles. The first kappa shape index (κ1) is 13.8. The smallest absolute Gasteiger partial charge is 0.385 e. The van der Waals surface area contributed by atoms with Crippen LogP contribution in [0.4, 0.5) is 13.2 Å². The van der Waals surface area contributed by atoms with Crippen LogP contribution in [0.3, 0.4) is 0 Å². The Bertz CT molecular complexity index is 332. The van der Waals surface area contributed by atoms with Crippen molar-refractivity contribution in [3.05, 3.63) is 20.8 Å². The van der Waals surface area contributed by atoms with Crippen LogP contribution in [0, 0.1) is 6.92 Å². The summed E-state index contributed by atoms with van der Waals surface area (Å²) in [5.41, 5.74) is 0.788. The SMILES string of the molecule is Cc1cc(C(O)COCC(F)(F)F)sc1Cl. The Morgan fingerprint density at radius 1 is 1.56 bits per heavy atom. The lowest BCUT2D eigenvalue weighted by atomic mass is 10.2. The summed E-state index contributed by atoms with van der Waals surface area (Å²) in [5, 5.41) is 9.51. The maximum Gasteiger partial charge on any atom is 0.411 e. The molecule has 92 valence electrons. The third-order valence-electron chi connectivity index (χ3n) is 1.75. The molecule has 0 spiro atoms. The normalized spacial score (nSPS) is 14.1. The average molecular weight is 275 g/mol. The average Bonchev–Trinajstić information content (AvgIpc) is 2.45. The van der Waals surface area contributed by atoms with E-state index in [0.29, 0.717) is 9.21 Å². The molecule has 0 amide bonds. The van der Waals surface area contributed by atoms with Crippen molar-refractivity contribution in [1.29, 1.82) is 0 Å². The van der Waals surface area contributed by atoms with Gasteiger partial charge in [0.05, 0.1) is 10.9 Å². The van der Waals surface area contributed by atoms with Gasteiger partial charge in [-0.3, -0.25) is 0 Å². The topological polar surface area (TPSA) is 29.5 Å². The summed E-state index contributed by atoms with van der Waals surface area (Å²) in [4.78, 5) is 0.504. The Balaban J connectivity index is 2.44. The van der Waals surface area contributed by atoms with Crippen molar-refractivity contribution >= 4 is 22.9 Å². The standard InChI is InChI=1S/C9H10ClF3O2S/c1-5-2-7(16-8(5)10)6(14)3-15-4-9(11,12)13/h2,6,14H,3-4H2,1H3. The van der Waals surface area contributed by atoms with Gasteiger partial charge in [0, 0.05) is 4.88 Å². The first-order chi connectivity index (χ1) is 7.29. The highest BCUT2D eigenvalue weighted by atomic mass is 35.5. The highest BCUT2D eigenvalue weighted by Crippen LogP contribution is 2.31. The van der Waals surface area contributed by atoms with E-state index in [0.717, 1.165) is 16.9 Å². The first-order valence-corrected chi connectivity index (χ1v) is 5.57. The molecule has 1 N–H and O–H groups in total. The zero-order valence-corrected chi connectivity index (χ0v) is 9.92. The van der Waals surface area contributed by atoms with Crippen molar-refractivity contribution in [1.82, 2.24) is 0 Å². The Hall–Kier alpha value is -0.300. The van der Waals surface area contributed by atoms with Crippen LogP contribution >= 0.6 is 22.9 Å². The van der Waals surface area contributed by atoms with Gasteiger partial charge in [-0.2, -0.15) is 13.2 Å². The van der Waals surface area contributed by atoms with E-state index in [2.05, 4.69) is 4.74 Å². The largest absolute Gasteiger partial charge is 0.411 e. The Kier molecular flexibility index (Phi) is 4.61. The molecule has 0 radical (unpaired) electrons. The van der Waals surface area contributed by atoms with Crippen molar-refractivity contribution in [2.45, 2.75) is 19.2 Å². The second kappa shape index (κ2) is 5.35. The number of rotatable bonds is 4. The highest BCUT2D eigenvalue weighted by molar-refractivity contribution is 7.16.